The molecule has 0 radical (unpaired) electrons. The van der Waals surface area contributed by atoms with Crippen molar-refractivity contribution in [3.8, 4) is 0 Å². The number of hydrogen-bond acceptors (Lipinski definition) is 2. The lowest BCUT2D eigenvalue weighted by atomic mass is 10.1. The molecular weight excluding hydrogens is 425 g/mol. The van der Waals surface area contributed by atoms with Crippen LogP contribution in [0.5, 0.6) is 0 Å². The van der Waals surface area contributed by atoms with Gasteiger partial charge in [0.15, 0.2) is 5.96 Å². The van der Waals surface area contributed by atoms with Gasteiger partial charge in [-0.25, -0.2) is 4.98 Å². The maximum Gasteiger partial charge on any atom is 0.191 e. The predicted molar refractivity (Wildman–Crippen MR) is 114 cm³/mol. The molecule has 2 heterocycles. The van der Waals surface area contributed by atoms with Crippen LogP contribution in [0, 0.1) is 6.92 Å². The number of benzene rings is 1. The molecule has 0 saturated carbocycles. The Balaban J connectivity index is 0.00000225. The van der Waals surface area contributed by atoms with Crippen molar-refractivity contribution in [2.45, 2.75) is 19.9 Å². The highest BCUT2D eigenvalue weighted by Gasteiger charge is 2.02. The third-order valence-electron chi connectivity index (χ3n) is 3.85. The first-order chi connectivity index (χ1) is 11.7. The summed E-state index contributed by atoms with van der Waals surface area (Å²) in [5, 5.41) is 6.68. The highest BCUT2D eigenvalue weighted by Crippen LogP contribution is 2.05. The van der Waals surface area contributed by atoms with Gasteiger partial charge in [-0.15, -0.1) is 24.0 Å². The molecule has 132 valence electrons. The Morgan fingerprint density at radius 3 is 2.80 bits per heavy atom. The van der Waals surface area contributed by atoms with Crippen molar-refractivity contribution >= 4 is 35.6 Å². The molecule has 5 nitrogen and oxygen atoms in total. The van der Waals surface area contributed by atoms with Crippen LogP contribution < -0.4 is 10.6 Å². The standard InChI is InChI=1S/C19H23N5.HI/c1-15-6-5-7-16(12-15)13-22-19(20-2)21-10-9-17-14-24-11-4-3-8-18(24)23-17;/h3-8,11-12,14H,9-10,13H2,1-2H3,(H2,20,21,22);1H. The fourth-order valence-electron chi connectivity index (χ4n) is 2.65. The number of aryl methyl sites for hydroxylation is 1. The van der Waals surface area contributed by atoms with E-state index in [0.717, 1.165) is 36.8 Å². The van der Waals surface area contributed by atoms with Gasteiger partial charge in [-0.05, 0) is 24.6 Å². The van der Waals surface area contributed by atoms with Crippen molar-refractivity contribution in [1.29, 1.82) is 0 Å². The molecule has 0 aliphatic heterocycles. The number of nitrogens with one attached hydrogen (secondary N) is 2. The molecule has 3 aromatic rings. The van der Waals surface area contributed by atoms with Crippen molar-refractivity contribution in [3.05, 3.63) is 71.7 Å². The smallest absolute Gasteiger partial charge is 0.191 e. The van der Waals surface area contributed by atoms with Crippen LogP contribution in [0.15, 0.2) is 59.9 Å². The minimum Gasteiger partial charge on any atom is -0.356 e. The first-order valence-electron chi connectivity index (χ1n) is 8.17. The Labute approximate surface area is 165 Å². The fourth-order valence-corrected chi connectivity index (χ4v) is 2.65. The number of aromatic nitrogens is 2. The Kier molecular flexibility index (Phi) is 7.24. The topological polar surface area (TPSA) is 53.7 Å². The number of fused-ring (bicyclic) bond motifs is 1. The summed E-state index contributed by atoms with van der Waals surface area (Å²) in [6, 6.07) is 14.5. The van der Waals surface area contributed by atoms with Gasteiger partial charge in [-0.3, -0.25) is 4.99 Å². The Morgan fingerprint density at radius 2 is 2.04 bits per heavy atom. The van der Waals surface area contributed by atoms with Crippen LogP contribution in [0.1, 0.15) is 16.8 Å². The molecule has 0 fully saturated rings. The molecule has 1 aromatic carbocycles. The van der Waals surface area contributed by atoms with Crippen LogP contribution in [0.25, 0.3) is 5.65 Å². The monoisotopic (exact) mass is 449 g/mol. The van der Waals surface area contributed by atoms with Gasteiger partial charge in [0.05, 0.1) is 5.69 Å². The number of pyridine rings is 1. The summed E-state index contributed by atoms with van der Waals surface area (Å²) in [5.41, 5.74) is 4.57. The van der Waals surface area contributed by atoms with Gasteiger partial charge < -0.3 is 15.0 Å². The maximum atomic E-state index is 4.60. The fraction of sp³-hybridized carbons (Fsp3) is 0.263. The molecule has 0 spiro atoms. The van der Waals surface area contributed by atoms with Crippen LogP contribution >= 0.6 is 24.0 Å². The second kappa shape index (κ2) is 9.41. The van der Waals surface area contributed by atoms with Crippen LogP contribution in [0.2, 0.25) is 0 Å². The van der Waals surface area contributed by atoms with Crippen molar-refractivity contribution in [2.75, 3.05) is 13.6 Å². The van der Waals surface area contributed by atoms with E-state index in [-0.39, 0.29) is 24.0 Å². The zero-order chi connectivity index (χ0) is 16.8. The summed E-state index contributed by atoms with van der Waals surface area (Å²) < 4.78 is 2.04. The first-order valence-corrected chi connectivity index (χ1v) is 8.17. The minimum atomic E-state index is 0. The van der Waals surface area contributed by atoms with E-state index in [1.165, 1.54) is 11.1 Å². The van der Waals surface area contributed by atoms with Crippen molar-refractivity contribution in [2.24, 2.45) is 4.99 Å². The second-order valence-electron chi connectivity index (χ2n) is 5.79. The quantitative estimate of drug-likeness (QED) is 0.358. The Hall–Kier alpha value is -2.09. The van der Waals surface area contributed by atoms with Crippen molar-refractivity contribution in [3.63, 3.8) is 0 Å². The average molecular weight is 449 g/mol. The minimum absolute atomic E-state index is 0. The van der Waals surface area contributed by atoms with E-state index in [1.54, 1.807) is 7.05 Å². The Bertz CT molecular complexity index is 807. The van der Waals surface area contributed by atoms with E-state index in [1.807, 2.05) is 28.8 Å². The van der Waals surface area contributed by atoms with Gasteiger partial charge in [-0.2, -0.15) is 0 Å². The highest BCUT2D eigenvalue weighted by molar-refractivity contribution is 14.0. The lowest BCUT2D eigenvalue weighted by Gasteiger charge is -2.11. The van der Waals surface area contributed by atoms with Crippen LogP contribution in [-0.4, -0.2) is 28.9 Å². The number of hydrogen-bond donors (Lipinski definition) is 2. The predicted octanol–water partition coefficient (Wildman–Crippen LogP) is 3.17. The zero-order valence-corrected chi connectivity index (χ0v) is 16.9. The summed E-state index contributed by atoms with van der Waals surface area (Å²) in [5.74, 6) is 0.806. The lowest BCUT2D eigenvalue weighted by molar-refractivity contribution is 0.787. The van der Waals surface area contributed by atoms with Gasteiger partial charge in [-0.1, -0.05) is 35.9 Å². The highest BCUT2D eigenvalue weighted by atomic mass is 127. The van der Waals surface area contributed by atoms with Gasteiger partial charge in [0.2, 0.25) is 0 Å². The third kappa shape index (κ3) is 5.45. The van der Waals surface area contributed by atoms with E-state index in [0.29, 0.717) is 0 Å². The van der Waals surface area contributed by atoms with Crippen LogP contribution in [0.3, 0.4) is 0 Å². The largest absolute Gasteiger partial charge is 0.356 e. The number of nitrogens with zero attached hydrogens (tertiary/aromatic N) is 3. The van der Waals surface area contributed by atoms with Gasteiger partial charge >= 0.3 is 0 Å². The SMILES string of the molecule is CN=C(NCCc1cn2ccccc2n1)NCc1cccc(C)c1.I. The van der Waals surface area contributed by atoms with Crippen LogP contribution in [0.4, 0.5) is 0 Å². The van der Waals surface area contributed by atoms with E-state index < -0.39 is 0 Å². The summed E-state index contributed by atoms with van der Waals surface area (Å²) in [4.78, 5) is 8.87. The molecule has 0 saturated heterocycles. The summed E-state index contributed by atoms with van der Waals surface area (Å²) in [7, 11) is 1.79. The third-order valence-corrected chi connectivity index (χ3v) is 3.85. The number of aliphatic imine (C=N–C) groups is 1. The van der Waals surface area contributed by atoms with E-state index in [4.69, 9.17) is 0 Å². The number of guanidine groups is 1. The van der Waals surface area contributed by atoms with E-state index in [9.17, 15) is 0 Å². The maximum absolute atomic E-state index is 4.60. The van der Waals surface area contributed by atoms with Gasteiger partial charge in [0.1, 0.15) is 5.65 Å². The molecule has 0 aliphatic rings. The molecule has 0 atom stereocenters. The lowest BCUT2D eigenvalue weighted by Crippen LogP contribution is -2.37. The first kappa shape index (κ1) is 19.2. The second-order valence-corrected chi connectivity index (χ2v) is 5.79. The number of rotatable bonds is 5. The summed E-state index contributed by atoms with van der Waals surface area (Å²) >= 11 is 0. The van der Waals surface area contributed by atoms with E-state index in [2.05, 4.69) is 58.0 Å². The molecule has 0 unspecified atom stereocenters. The molecule has 2 aromatic heterocycles. The van der Waals surface area contributed by atoms with Crippen LogP contribution in [-0.2, 0) is 13.0 Å². The Morgan fingerprint density at radius 1 is 1.16 bits per heavy atom. The molecule has 6 heteroatoms. The van der Waals surface area contributed by atoms with Gasteiger partial charge in [0.25, 0.3) is 0 Å². The molecule has 0 aliphatic carbocycles. The van der Waals surface area contributed by atoms with E-state index >= 15 is 0 Å². The molecule has 25 heavy (non-hydrogen) atoms. The number of halogens is 1. The molecular formula is C19H24IN5. The van der Waals surface area contributed by atoms with Crippen molar-refractivity contribution < 1.29 is 0 Å². The summed E-state index contributed by atoms with van der Waals surface area (Å²) in [6.45, 7) is 3.65. The zero-order valence-electron chi connectivity index (χ0n) is 14.6. The average Bonchev–Trinajstić information content (AvgIpc) is 3.00. The molecule has 0 amide bonds. The molecule has 3 rings (SSSR count). The summed E-state index contributed by atoms with van der Waals surface area (Å²) in [6.07, 6.45) is 4.94. The normalized spacial score (nSPS) is 11.2. The number of imidazole rings is 1. The molecule has 0 bridgehead atoms. The molecule has 2 N–H and O–H groups in total. The van der Waals surface area contributed by atoms with Crippen molar-refractivity contribution in [1.82, 2.24) is 20.0 Å². The van der Waals surface area contributed by atoms with Gasteiger partial charge in [0, 0.05) is 39.0 Å².